The van der Waals surface area contributed by atoms with E-state index in [1.807, 2.05) is 0 Å². The average molecular weight is 176 g/mol. The third-order valence-corrected chi connectivity index (χ3v) is 2.60. The van der Waals surface area contributed by atoms with Crippen molar-refractivity contribution in [3.63, 3.8) is 0 Å². The maximum absolute atomic E-state index is 5.90. The third kappa shape index (κ3) is 1.55. The van der Waals surface area contributed by atoms with Gasteiger partial charge in [0.25, 0.3) is 0 Å². The minimum Gasteiger partial charge on any atom is -0.487 e. The second kappa shape index (κ2) is 2.76. The molecule has 0 saturated carbocycles. The predicted octanol–water partition coefficient (Wildman–Crippen LogP) is 3.35. The lowest BCUT2D eigenvalue weighted by Gasteiger charge is -2.35. The van der Waals surface area contributed by atoms with Gasteiger partial charge in [0.1, 0.15) is 11.4 Å². The van der Waals surface area contributed by atoms with Crippen molar-refractivity contribution in [2.75, 3.05) is 0 Å². The summed E-state index contributed by atoms with van der Waals surface area (Å²) in [5.41, 5.74) is 2.85. The molecule has 1 heterocycles. The molecular weight excluding hydrogens is 160 g/mol. The summed E-state index contributed by atoms with van der Waals surface area (Å²) in [6.07, 6.45) is 8.42. The molecule has 0 unspecified atom stereocenters. The Labute approximate surface area is 79.8 Å². The number of fused-ring (bicyclic) bond motifs is 1. The van der Waals surface area contributed by atoms with E-state index in [2.05, 4.69) is 39.0 Å². The Morgan fingerprint density at radius 3 is 2.92 bits per heavy atom. The van der Waals surface area contributed by atoms with E-state index >= 15 is 0 Å². The fourth-order valence-corrected chi connectivity index (χ4v) is 2.10. The number of hydrogen-bond acceptors (Lipinski definition) is 1. The van der Waals surface area contributed by atoms with Crippen LogP contribution in [0.25, 0.3) is 0 Å². The zero-order valence-corrected chi connectivity index (χ0v) is 8.55. The molecule has 0 atom stereocenters. The minimum absolute atomic E-state index is 0.0232. The molecule has 2 rings (SSSR count). The van der Waals surface area contributed by atoms with E-state index in [0.29, 0.717) is 0 Å². The van der Waals surface area contributed by atoms with Crippen LogP contribution < -0.4 is 0 Å². The van der Waals surface area contributed by atoms with Gasteiger partial charge >= 0.3 is 0 Å². The van der Waals surface area contributed by atoms with Crippen molar-refractivity contribution >= 4 is 0 Å². The van der Waals surface area contributed by atoms with Gasteiger partial charge < -0.3 is 4.74 Å². The van der Waals surface area contributed by atoms with Crippen LogP contribution in [0.1, 0.15) is 33.6 Å². The van der Waals surface area contributed by atoms with Gasteiger partial charge in [-0.25, -0.2) is 0 Å². The Balaban J connectivity index is 2.41. The molecule has 1 aliphatic heterocycles. The highest BCUT2D eigenvalue weighted by atomic mass is 16.5. The van der Waals surface area contributed by atoms with Gasteiger partial charge in [-0.05, 0) is 38.8 Å². The molecule has 13 heavy (non-hydrogen) atoms. The Kier molecular flexibility index (Phi) is 1.83. The standard InChI is InChI=1S/C12H16O/c1-9-8-12(2,3)13-11-7-5-4-6-10(9)11/h4-5,7H,6,8H2,1-3H3. The lowest BCUT2D eigenvalue weighted by atomic mass is 9.88. The third-order valence-electron chi connectivity index (χ3n) is 2.60. The molecule has 1 aliphatic carbocycles. The second-order valence-corrected chi connectivity index (χ2v) is 4.46. The van der Waals surface area contributed by atoms with Crippen LogP contribution in [-0.2, 0) is 4.74 Å². The molecule has 0 amide bonds. The summed E-state index contributed by atoms with van der Waals surface area (Å²) in [5.74, 6) is 1.08. The van der Waals surface area contributed by atoms with E-state index in [0.717, 1.165) is 18.6 Å². The van der Waals surface area contributed by atoms with Crippen LogP contribution in [0.3, 0.4) is 0 Å². The van der Waals surface area contributed by atoms with E-state index in [1.54, 1.807) is 0 Å². The SMILES string of the molecule is CC1=C2CC=CC=C2OC(C)(C)C1. The number of ether oxygens (including phenoxy) is 1. The van der Waals surface area contributed by atoms with Gasteiger partial charge in [0.2, 0.25) is 0 Å². The molecule has 1 nitrogen and oxygen atoms in total. The Morgan fingerprint density at radius 1 is 1.38 bits per heavy atom. The minimum atomic E-state index is -0.0232. The van der Waals surface area contributed by atoms with Crippen LogP contribution >= 0.6 is 0 Å². The first-order chi connectivity index (χ1) is 6.08. The van der Waals surface area contributed by atoms with Crippen LogP contribution in [0.2, 0.25) is 0 Å². The molecule has 0 radical (unpaired) electrons. The van der Waals surface area contributed by atoms with Crippen LogP contribution in [0.15, 0.2) is 35.1 Å². The van der Waals surface area contributed by atoms with Crippen molar-refractivity contribution in [3.05, 3.63) is 35.1 Å². The van der Waals surface area contributed by atoms with E-state index in [-0.39, 0.29) is 5.60 Å². The molecule has 0 fully saturated rings. The molecule has 0 spiro atoms. The van der Waals surface area contributed by atoms with E-state index in [9.17, 15) is 0 Å². The fourth-order valence-electron chi connectivity index (χ4n) is 2.10. The second-order valence-electron chi connectivity index (χ2n) is 4.46. The topological polar surface area (TPSA) is 9.23 Å². The Morgan fingerprint density at radius 2 is 2.15 bits per heavy atom. The van der Waals surface area contributed by atoms with Crippen LogP contribution in [-0.4, -0.2) is 5.60 Å². The monoisotopic (exact) mass is 176 g/mol. The van der Waals surface area contributed by atoms with Crippen molar-refractivity contribution < 1.29 is 4.74 Å². The highest BCUT2D eigenvalue weighted by molar-refractivity contribution is 5.41. The molecular formula is C12H16O. The van der Waals surface area contributed by atoms with Gasteiger partial charge in [0.15, 0.2) is 0 Å². The number of allylic oxidation sites excluding steroid dienone is 4. The van der Waals surface area contributed by atoms with Crippen LogP contribution in [0.5, 0.6) is 0 Å². The zero-order valence-electron chi connectivity index (χ0n) is 8.55. The maximum atomic E-state index is 5.90. The summed E-state index contributed by atoms with van der Waals surface area (Å²) >= 11 is 0. The average Bonchev–Trinajstić information content (AvgIpc) is 2.02. The molecule has 0 aromatic rings. The Hall–Kier alpha value is -0.980. The van der Waals surface area contributed by atoms with Crippen LogP contribution in [0, 0.1) is 0 Å². The lowest BCUT2D eigenvalue weighted by molar-refractivity contribution is 0.0298. The van der Waals surface area contributed by atoms with Gasteiger partial charge in [0, 0.05) is 6.42 Å². The maximum Gasteiger partial charge on any atom is 0.123 e. The molecule has 0 aromatic carbocycles. The van der Waals surface area contributed by atoms with Crippen molar-refractivity contribution in [3.8, 4) is 0 Å². The molecule has 0 bridgehead atoms. The quantitative estimate of drug-likeness (QED) is 0.550. The highest BCUT2D eigenvalue weighted by Crippen LogP contribution is 2.37. The molecule has 2 aliphatic rings. The van der Waals surface area contributed by atoms with Gasteiger partial charge in [-0.1, -0.05) is 17.7 Å². The summed E-state index contributed by atoms with van der Waals surface area (Å²) in [4.78, 5) is 0. The normalized spacial score (nSPS) is 25.0. The van der Waals surface area contributed by atoms with Gasteiger partial charge in [0.05, 0.1) is 0 Å². The van der Waals surface area contributed by atoms with E-state index in [4.69, 9.17) is 4.74 Å². The smallest absolute Gasteiger partial charge is 0.123 e. The first-order valence-electron chi connectivity index (χ1n) is 4.83. The van der Waals surface area contributed by atoms with Crippen molar-refractivity contribution in [1.29, 1.82) is 0 Å². The summed E-state index contributed by atoms with van der Waals surface area (Å²) in [7, 11) is 0. The van der Waals surface area contributed by atoms with Crippen molar-refractivity contribution in [2.45, 2.75) is 39.2 Å². The van der Waals surface area contributed by atoms with Gasteiger partial charge in [-0.3, -0.25) is 0 Å². The zero-order chi connectivity index (χ0) is 9.47. The predicted molar refractivity (Wildman–Crippen MR) is 54.3 cm³/mol. The molecule has 0 saturated heterocycles. The molecule has 0 aromatic heterocycles. The summed E-state index contributed by atoms with van der Waals surface area (Å²) in [6, 6.07) is 0. The van der Waals surface area contributed by atoms with Gasteiger partial charge in [-0.2, -0.15) is 0 Å². The van der Waals surface area contributed by atoms with E-state index < -0.39 is 0 Å². The largest absolute Gasteiger partial charge is 0.487 e. The first-order valence-corrected chi connectivity index (χ1v) is 4.83. The first kappa shape index (κ1) is 8.61. The summed E-state index contributed by atoms with van der Waals surface area (Å²) in [6.45, 7) is 6.51. The van der Waals surface area contributed by atoms with Crippen molar-refractivity contribution in [1.82, 2.24) is 0 Å². The number of hydrogen-bond donors (Lipinski definition) is 0. The summed E-state index contributed by atoms with van der Waals surface area (Å²) < 4.78 is 5.90. The van der Waals surface area contributed by atoms with Gasteiger partial charge in [-0.15, -0.1) is 0 Å². The molecule has 70 valence electrons. The van der Waals surface area contributed by atoms with Crippen LogP contribution in [0.4, 0.5) is 0 Å². The lowest BCUT2D eigenvalue weighted by Crippen LogP contribution is -2.29. The summed E-state index contributed by atoms with van der Waals surface area (Å²) in [5, 5.41) is 0. The highest BCUT2D eigenvalue weighted by Gasteiger charge is 2.29. The van der Waals surface area contributed by atoms with Crippen molar-refractivity contribution in [2.24, 2.45) is 0 Å². The molecule has 0 N–H and O–H groups in total. The number of rotatable bonds is 0. The Bertz CT molecular complexity index is 316. The van der Waals surface area contributed by atoms with E-state index in [1.165, 1.54) is 11.1 Å². The fraction of sp³-hybridized carbons (Fsp3) is 0.500. The molecule has 1 heteroatoms.